The first-order valence-corrected chi connectivity index (χ1v) is 8.01. The number of nitriles is 1. The monoisotopic (exact) mass is 274 g/mol. The highest BCUT2D eigenvalue weighted by atomic mass is 32.2. The van der Waals surface area contributed by atoms with E-state index in [1.54, 1.807) is 11.8 Å². The van der Waals surface area contributed by atoms with Gasteiger partial charge in [-0.25, -0.2) is 0 Å². The molecule has 0 radical (unpaired) electrons. The zero-order chi connectivity index (χ0) is 13.9. The number of hydrogen-bond acceptors (Lipinski definition) is 3. The normalized spacial score (nSPS) is 16.2. The molecule has 1 aromatic rings. The number of anilines is 1. The molecule has 0 aromatic heterocycles. The summed E-state index contributed by atoms with van der Waals surface area (Å²) < 4.78 is 0. The van der Waals surface area contributed by atoms with Gasteiger partial charge in [0.05, 0.1) is 11.3 Å². The second-order valence-electron chi connectivity index (χ2n) is 5.59. The molecule has 1 N–H and O–H groups in total. The van der Waals surface area contributed by atoms with Crippen molar-refractivity contribution in [1.29, 1.82) is 5.26 Å². The van der Waals surface area contributed by atoms with Gasteiger partial charge in [-0.2, -0.15) is 5.26 Å². The number of thioether (sulfide) groups is 1. The Hall–Kier alpha value is -1.14. The zero-order valence-electron chi connectivity index (χ0n) is 12.0. The summed E-state index contributed by atoms with van der Waals surface area (Å²) in [7, 11) is 0. The van der Waals surface area contributed by atoms with Gasteiger partial charge >= 0.3 is 0 Å². The lowest BCUT2D eigenvalue weighted by molar-refractivity contribution is 0.380. The molecule has 1 aromatic carbocycles. The van der Waals surface area contributed by atoms with E-state index in [4.69, 9.17) is 0 Å². The van der Waals surface area contributed by atoms with Crippen LogP contribution >= 0.6 is 11.8 Å². The molecule has 0 aliphatic heterocycles. The second-order valence-corrected chi connectivity index (χ2v) is 6.90. The summed E-state index contributed by atoms with van der Waals surface area (Å²) in [6.45, 7) is 7.69. The Kier molecular flexibility index (Phi) is 4.42. The van der Waals surface area contributed by atoms with E-state index >= 15 is 0 Å². The fraction of sp³-hybridized carbons (Fsp3) is 0.562. The van der Waals surface area contributed by atoms with Crippen LogP contribution in [-0.2, 0) is 0 Å². The van der Waals surface area contributed by atoms with Crippen LogP contribution in [0.4, 0.5) is 5.69 Å². The SMILES string of the molecule is CCSc1cccc(NCC2(C(C)C)CC2)c1C#N. The molecule has 1 aliphatic carbocycles. The van der Waals surface area contributed by atoms with Crippen LogP contribution in [0, 0.1) is 22.7 Å². The lowest BCUT2D eigenvalue weighted by atomic mass is 9.92. The Labute approximate surface area is 120 Å². The summed E-state index contributed by atoms with van der Waals surface area (Å²) in [6, 6.07) is 8.45. The molecule has 0 heterocycles. The van der Waals surface area contributed by atoms with Crippen LogP contribution in [0.5, 0.6) is 0 Å². The lowest BCUT2D eigenvalue weighted by Crippen LogP contribution is -2.21. The molecule has 0 saturated heterocycles. The van der Waals surface area contributed by atoms with Crippen LogP contribution in [0.1, 0.15) is 39.2 Å². The minimum absolute atomic E-state index is 0.459. The number of rotatable bonds is 6. The van der Waals surface area contributed by atoms with Crippen LogP contribution in [-0.4, -0.2) is 12.3 Å². The van der Waals surface area contributed by atoms with Crippen LogP contribution < -0.4 is 5.32 Å². The minimum atomic E-state index is 0.459. The zero-order valence-corrected chi connectivity index (χ0v) is 12.8. The average molecular weight is 274 g/mol. The molecule has 0 spiro atoms. The van der Waals surface area contributed by atoms with Gasteiger partial charge < -0.3 is 5.32 Å². The maximum atomic E-state index is 9.38. The molecule has 102 valence electrons. The van der Waals surface area contributed by atoms with Gasteiger partial charge in [0, 0.05) is 11.4 Å². The fourth-order valence-corrected chi connectivity index (χ4v) is 3.25. The van der Waals surface area contributed by atoms with Crippen LogP contribution in [0.15, 0.2) is 23.1 Å². The minimum Gasteiger partial charge on any atom is -0.383 e. The van der Waals surface area contributed by atoms with E-state index in [2.05, 4.69) is 32.2 Å². The number of nitrogens with one attached hydrogen (secondary N) is 1. The van der Waals surface area contributed by atoms with Crippen molar-refractivity contribution in [3.05, 3.63) is 23.8 Å². The van der Waals surface area contributed by atoms with Gasteiger partial charge in [0.2, 0.25) is 0 Å². The van der Waals surface area contributed by atoms with Crippen molar-refractivity contribution >= 4 is 17.4 Å². The van der Waals surface area contributed by atoms with Crippen LogP contribution in [0.25, 0.3) is 0 Å². The van der Waals surface area contributed by atoms with Crippen molar-refractivity contribution in [2.24, 2.45) is 11.3 Å². The molecule has 0 amide bonds. The third-order valence-electron chi connectivity index (χ3n) is 4.19. The summed E-state index contributed by atoms with van der Waals surface area (Å²) in [5.74, 6) is 1.70. The van der Waals surface area contributed by atoms with Gasteiger partial charge in [-0.3, -0.25) is 0 Å². The van der Waals surface area contributed by atoms with Crippen molar-refractivity contribution in [3.8, 4) is 6.07 Å². The summed E-state index contributed by atoms with van der Waals surface area (Å²) in [5.41, 5.74) is 2.25. The first-order chi connectivity index (χ1) is 9.13. The number of nitrogens with zero attached hydrogens (tertiary/aromatic N) is 1. The number of benzene rings is 1. The van der Waals surface area contributed by atoms with Crippen molar-refractivity contribution in [1.82, 2.24) is 0 Å². The predicted octanol–water partition coefficient (Wildman–Crippen LogP) is 4.52. The Morgan fingerprint density at radius 3 is 2.68 bits per heavy atom. The number of hydrogen-bond donors (Lipinski definition) is 1. The molecule has 0 bridgehead atoms. The summed E-state index contributed by atoms with van der Waals surface area (Å²) in [6.07, 6.45) is 2.62. The summed E-state index contributed by atoms with van der Waals surface area (Å²) >= 11 is 1.73. The maximum Gasteiger partial charge on any atom is 0.102 e. The van der Waals surface area contributed by atoms with Crippen molar-refractivity contribution in [2.75, 3.05) is 17.6 Å². The highest BCUT2D eigenvalue weighted by Crippen LogP contribution is 2.51. The van der Waals surface area contributed by atoms with E-state index in [-0.39, 0.29) is 0 Å². The van der Waals surface area contributed by atoms with Crippen molar-refractivity contribution in [3.63, 3.8) is 0 Å². The predicted molar refractivity (Wildman–Crippen MR) is 82.5 cm³/mol. The van der Waals surface area contributed by atoms with Gasteiger partial charge in [0.15, 0.2) is 0 Å². The molecule has 2 rings (SSSR count). The van der Waals surface area contributed by atoms with Crippen LogP contribution in [0.2, 0.25) is 0 Å². The van der Waals surface area contributed by atoms with E-state index in [1.165, 1.54) is 12.8 Å². The van der Waals surface area contributed by atoms with Gasteiger partial charge in [0.1, 0.15) is 6.07 Å². The van der Waals surface area contributed by atoms with Gasteiger partial charge in [-0.05, 0) is 42.1 Å². The molecule has 2 nitrogen and oxygen atoms in total. The molecule has 0 atom stereocenters. The van der Waals surface area contributed by atoms with E-state index in [0.717, 1.165) is 28.4 Å². The molecule has 1 aliphatic rings. The quantitative estimate of drug-likeness (QED) is 0.775. The smallest absolute Gasteiger partial charge is 0.102 e. The lowest BCUT2D eigenvalue weighted by Gasteiger charge is -2.21. The molecular weight excluding hydrogens is 252 g/mol. The van der Waals surface area contributed by atoms with Crippen LogP contribution in [0.3, 0.4) is 0 Å². The standard InChI is InChI=1S/C16H22N2S/c1-4-19-15-7-5-6-14(13(15)10-17)18-11-16(8-9-16)12(2)3/h5-7,12,18H,4,8-9,11H2,1-3H3. The first kappa shape index (κ1) is 14.3. The Morgan fingerprint density at radius 1 is 1.42 bits per heavy atom. The maximum absolute atomic E-state index is 9.38. The molecule has 1 saturated carbocycles. The van der Waals surface area contributed by atoms with E-state index in [0.29, 0.717) is 11.3 Å². The Balaban J connectivity index is 2.12. The largest absolute Gasteiger partial charge is 0.383 e. The van der Waals surface area contributed by atoms with Gasteiger partial charge in [0.25, 0.3) is 0 Å². The van der Waals surface area contributed by atoms with E-state index in [1.807, 2.05) is 18.2 Å². The molecule has 1 fully saturated rings. The topological polar surface area (TPSA) is 35.8 Å². The Bertz CT molecular complexity index is 484. The average Bonchev–Trinajstić information content (AvgIpc) is 3.18. The second kappa shape index (κ2) is 5.88. The third kappa shape index (κ3) is 3.06. The summed E-state index contributed by atoms with van der Waals surface area (Å²) in [4.78, 5) is 1.09. The van der Waals surface area contributed by atoms with Gasteiger partial charge in [-0.15, -0.1) is 11.8 Å². The van der Waals surface area contributed by atoms with Gasteiger partial charge in [-0.1, -0.05) is 26.8 Å². The Morgan fingerprint density at radius 2 is 2.16 bits per heavy atom. The first-order valence-electron chi connectivity index (χ1n) is 7.03. The molecular formula is C16H22N2S. The third-order valence-corrected chi connectivity index (χ3v) is 5.13. The molecule has 0 unspecified atom stereocenters. The van der Waals surface area contributed by atoms with Crippen molar-refractivity contribution in [2.45, 2.75) is 38.5 Å². The van der Waals surface area contributed by atoms with Crippen molar-refractivity contribution < 1.29 is 0 Å². The highest BCUT2D eigenvalue weighted by Gasteiger charge is 2.44. The van der Waals surface area contributed by atoms with E-state index < -0.39 is 0 Å². The molecule has 19 heavy (non-hydrogen) atoms. The fourth-order valence-electron chi connectivity index (χ4n) is 2.46. The molecule has 3 heteroatoms. The summed E-state index contributed by atoms with van der Waals surface area (Å²) in [5, 5.41) is 12.9. The highest BCUT2D eigenvalue weighted by molar-refractivity contribution is 7.99. The van der Waals surface area contributed by atoms with E-state index in [9.17, 15) is 5.26 Å².